The van der Waals surface area contributed by atoms with Gasteiger partial charge >= 0.3 is 5.97 Å². The Labute approximate surface area is 99.6 Å². The number of carboxylic acids is 1. The van der Waals surface area contributed by atoms with Crippen molar-refractivity contribution in [2.45, 2.75) is 52.2 Å². The van der Waals surface area contributed by atoms with Crippen LogP contribution in [-0.4, -0.2) is 26.0 Å². The van der Waals surface area contributed by atoms with Crippen LogP contribution in [0.4, 0.5) is 0 Å². The zero-order chi connectivity index (χ0) is 12.6. The van der Waals surface area contributed by atoms with Crippen molar-refractivity contribution < 1.29 is 14.3 Å². The average molecular weight is 244 g/mol. The van der Waals surface area contributed by atoms with E-state index in [0.717, 1.165) is 31.2 Å². The first-order valence-corrected chi connectivity index (χ1v) is 8.58. The largest absolute Gasteiger partial charge is 0.478 e. The monoisotopic (exact) mass is 244 g/mol. The molecule has 0 atom stereocenters. The first kappa shape index (κ1) is 15.4. The quantitative estimate of drug-likeness (QED) is 0.525. The summed E-state index contributed by atoms with van der Waals surface area (Å²) in [6.07, 6.45) is 2.64. The highest BCUT2D eigenvalue weighted by Crippen LogP contribution is 2.24. The molecule has 0 aromatic rings. The molecule has 4 heteroatoms. The number of allylic oxidation sites excluding steroid dienone is 1. The number of rotatable bonds is 8. The van der Waals surface area contributed by atoms with Gasteiger partial charge in [-0.15, -0.1) is 0 Å². The van der Waals surface area contributed by atoms with Gasteiger partial charge in [-0.3, -0.25) is 0 Å². The van der Waals surface area contributed by atoms with Crippen molar-refractivity contribution in [3.05, 3.63) is 11.6 Å². The van der Waals surface area contributed by atoms with Gasteiger partial charge in [0.05, 0.1) is 0 Å². The summed E-state index contributed by atoms with van der Waals surface area (Å²) < 4.78 is 5.93. The molecule has 0 fully saturated rings. The maximum absolute atomic E-state index is 10.6. The molecular formula is C12H24O3Si. The van der Waals surface area contributed by atoms with Crippen LogP contribution >= 0.6 is 0 Å². The predicted octanol–water partition coefficient (Wildman–Crippen LogP) is 3.43. The number of hydrogen-bond donors (Lipinski definition) is 1. The molecule has 0 unspecified atom stereocenters. The zero-order valence-corrected chi connectivity index (χ0v) is 11.9. The maximum Gasteiger partial charge on any atom is 0.330 e. The Morgan fingerprint density at radius 2 is 1.88 bits per heavy atom. The molecule has 0 rings (SSSR count). The van der Waals surface area contributed by atoms with Crippen LogP contribution in [0.1, 0.15) is 34.1 Å². The van der Waals surface area contributed by atoms with Crippen LogP contribution in [0.15, 0.2) is 11.6 Å². The zero-order valence-electron chi connectivity index (χ0n) is 10.9. The Bertz CT molecular complexity index is 245. The molecule has 0 spiro atoms. The first-order chi connectivity index (χ1) is 7.51. The van der Waals surface area contributed by atoms with E-state index in [9.17, 15) is 4.79 Å². The van der Waals surface area contributed by atoms with E-state index in [-0.39, 0.29) is 0 Å². The van der Waals surface area contributed by atoms with Gasteiger partial charge in [-0.1, -0.05) is 19.9 Å². The molecule has 0 aliphatic rings. The van der Waals surface area contributed by atoms with E-state index in [1.165, 1.54) is 0 Å². The summed E-state index contributed by atoms with van der Waals surface area (Å²) in [5.74, 6) is -0.823. The van der Waals surface area contributed by atoms with E-state index < -0.39 is 14.3 Å². The SMILES string of the molecule is CCO[Si](CC)(CC)CCC=C(C)C(=O)O. The lowest BCUT2D eigenvalue weighted by atomic mass is 10.2. The fraction of sp³-hybridized carbons (Fsp3) is 0.750. The molecule has 1 N–H and O–H groups in total. The van der Waals surface area contributed by atoms with Crippen LogP contribution in [0.25, 0.3) is 0 Å². The average Bonchev–Trinajstić information content (AvgIpc) is 2.27. The molecule has 0 saturated heterocycles. The first-order valence-electron chi connectivity index (χ1n) is 6.05. The molecule has 0 aliphatic heterocycles. The fourth-order valence-corrected chi connectivity index (χ4v) is 4.87. The van der Waals surface area contributed by atoms with E-state index in [1.807, 2.05) is 13.0 Å². The van der Waals surface area contributed by atoms with Gasteiger partial charge in [0.2, 0.25) is 0 Å². The summed E-state index contributed by atoms with van der Waals surface area (Å²) in [7, 11) is -1.58. The summed E-state index contributed by atoms with van der Waals surface area (Å²) in [6.45, 7) is 8.81. The highest BCUT2D eigenvalue weighted by molar-refractivity contribution is 6.73. The fourth-order valence-electron chi connectivity index (χ4n) is 1.83. The Morgan fingerprint density at radius 3 is 2.25 bits per heavy atom. The molecule has 16 heavy (non-hydrogen) atoms. The van der Waals surface area contributed by atoms with Crippen molar-refractivity contribution in [3.8, 4) is 0 Å². The molecule has 0 aromatic carbocycles. The second-order valence-corrected chi connectivity index (χ2v) is 8.62. The van der Waals surface area contributed by atoms with Crippen molar-refractivity contribution in [1.82, 2.24) is 0 Å². The van der Waals surface area contributed by atoms with Crippen LogP contribution in [0.5, 0.6) is 0 Å². The number of hydrogen-bond acceptors (Lipinski definition) is 2. The van der Waals surface area contributed by atoms with Crippen LogP contribution in [0.3, 0.4) is 0 Å². The lowest BCUT2D eigenvalue weighted by Gasteiger charge is -2.28. The Hall–Kier alpha value is -0.613. The van der Waals surface area contributed by atoms with Gasteiger partial charge in [0.15, 0.2) is 8.32 Å². The normalized spacial score (nSPS) is 12.9. The molecule has 0 aromatic heterocycles. The minimum Gasteiger partial charge on any atom is -0.478 e. The maximum atomic E-state index is 10.6. The van der Waals surface area contributed by atoms with Gasteiger partial charge in [-0.25, -0.2) is 4.79 Å². The topological polar surface area (TPSA) is 46.5 Å². The number of carbonyl (C=O) groups is 1. The van der Waals surface area contributed by atoms with Crippen LogP contribution in [0.2, 0.25) is 18.1 Å². The minimum atomic E-state index is -1.58. The van der Waals surface area contributed by atoms with Crippen molar-refractivity contribution in [3.63, 3.8) is 0 Å². The summed E-state index contributed by atoms with van der Waals surface area (Å²) in [4.78, 5) is 10.6. The van der Waals surface area contributed by atoms with Crippen molar-refractivity contribution in [2.24, 2.45) is 0 Å². The van der Waals surface area contributed by atoms with Gasteiger partial charge in [0.1, 0.15) is 0 Å². The predicted molar refractivity (Wildman–Crippen MR) is 69.2 cm³/mol. The Balaban J connectivity index is 4.32. The highest BCUT2D eigenvalue weighted by atomic mass is 28.4. The van der Waals surface area contributed by atoms with E-state index in [0.29, 0.717) is 5.57 Å². The van der Waals surface area contributed by atoms with Crippen LogP contribution in [-0.2, 0) is 9.22 Å². The molecule has 3 nitrogen and oxygen atoms in total. The Kier molecular flexibility index (Phi) is 7.33. The summed E-state index contributed by atoms with van der Waals surface area (Å²) >= 11 is 0. The summed E-state index contributed by atoms with van der Waals surface area (Å²) in [5, 5.41) is 8.74. The molecule has 0 bridgehead atoms. The lowest BCUT2D eigenvalue weighted by Crippen LogP contribution is -2.36. The summed E-state index contributed by atoms with van der Waals surface area (Å²) in [6, 6.07) is 3.24. The van der Waals surface area contributed by atoms with Crippen molar-refractivity contribution in [2.75, 3.05) is 6.61 Å². The molecule has 94 valence electrons. The third-order valence-electron chi connectivity index (χ3n) is 3.13. The van der Waals surface area contributed by atoms with E-state index in [2.05, 4.69) is 13.8 Å². The van der Waals surface area contributed by atoms with Crippen molar-refractivity contribution in [1.29, 1.82) is 0 Å². The van der Waals surface area contributed by atoms with Crippen molar-refractivity contribution >= 4 is 14.3 Å². The van der Waals surface area contributed by atoms with Gasteiger partial charge in [-0.05, 0) is 38.4 Å². The highest BCUT2D eigenvalue weighted by Gasteiger charge is 2.29. The van der Waals surface area contributed by atoms with Gasteiger partial charge in [0.25, 0.3) is 0 Å². The Morgan fingerprint density at radius 1 is 1.31 bits per heavy atom. The molecule has 0 aliphatic carbocycles. The third-order valence-corrected chi connectivity index (χ3v) is 7.81. The lowest BCUT2D eigenvalue weighted by molar-refractivity contribution is -0.132. The number of carboxylic acid groups (broad SMARTS) is 1. The molecular weight excluding hydrogens is 220 g/mol. The molecule has 0 heterocycles. The van der Waals surface area contributed by atoms with Crippen LogP contribution in [0, 0.1) is 0 Å². The van der Waals surface area contributed by atoms with Gasteiger partial charge in [0, 0.05) is 12.2 Å². The summed E-state index contributed by atoms with van der Waals surface area (Å²) in [5.41, 5.74) is 0.437. The minimum absolute atomic E-state index is 0.437. The third kappa shape index (κ3) is 4.94. The molecule has 0 saturated carbocycles. The second kappa shape index (κ2) is 7.63. The number of aliphatic carboxylic acids is 1. The molecule has 0 amide bonds. The molecule has 0 radical (unpaired) electrons. The van der Waals surface area contributed by atoms with Crippen LogP contribution < -0.4 is 0 Å². The smallest absolute Gasteiger partial charge is 0.330 e. The second-order valence-electron chi connectivity index (χ2n) is 4.05. The van der Waals surface area contributed by atoms with E-state index in [1.54, 1.807) is 6.92 Å². The van der Waals surface area contributed by atoms with Gasteiger partial charge < -0.3 is 9.53 Å². The van der Waals surface area contributed by atoms with E-state index in [4.69, 9.17) is 9.53 Å². The van der Waals surface area contributed by atoms with E-state index >= 15 is 0 Å². The van der Waals surface area contributed by atoms with Gasteiger partial charge in [-0.2, -0.15) is 0 Å². The standard InChI is InChI=1S/C12H24O3Si/c1-5-15-16(6-2,7-3)10-8-9-11(4)12(13)14/h9H,5-8,10H2,1-4H3,(H,13,14).